The van der Waals surface area contributed by atoms with E-state index < -0.39 is 5.91 Å². The fraction of sp³-hybridized carbons (Fsp3) is 0.529. The van der Waals surface area contributed by atoms with Crippen molar-refractivity contribution in [2.24, 2.45) is 10.7 Å². The third-order valence-electron chi connectivity index (χ3n) is 3.71. The van der Waals surface area contributed by atoms with Gasteiger partial charge in [0.15, 0.2) is 5.96 Å². The van der Waals surface area contributed by atoms with Gasteiger partial charge in [-0.25, -0.2) is 4.99 Å². The smallest absolute Gasteiger partial charge is 0.248 e. The molecule has 0 bridgehead atoms. The molecule has 0 atom stereocenters. The van der Waals surface area contributed by atoms with Gasteiger partial charge in [-0.05, 0) is 38.5 Å². The average molecular weight is 462 g/mol. The first kappa shape index (κ1) is 21.1. The van der Waals surface area contributed by atoms with Crippen LogP contribution in [0.2, 0.25) is 0 Å². The predicted molar refractivity (Wildman–Crippen MR) is 113 cm³/mol. The summed E-state index contributed by atoms with van der Waals surface area (Å²) in [6.07, 6.45) is 0. The van der Waals surface area contributed by atoms with Crippen molar-refractivity contribution in [3.05, 3.63) is 35.4 Å². The molecule has 7 heteroatoms. The SMILES string of the molecule is CCNC(=NCc1ccc(C(N)=O)cc1)N1CCSC(C)(C)C1.I. The number of rotatable bonds is 4. The Kier molecular flexibility index (Phi) is 8.35. The van der Waals surface area contributed by atoms with Gasteiger partial charge in [0, 0.05) is 35.7 Å². The van der Waals surface area contributed by atoms with E-state index in [0.29, 0.717) is 12.1 Å². The van der Waals surface area contributed by atoms with Crippen LogP contribution in [0, 0.1) is 0 Å². The van der Waals surface area contributed by atoms with Crippen molar-refractivity contribution in [1.29, 1.82) is 0 Å². The molecule has 0 unspecified atom stereocenters. The third-order valence-corrected chi connectivity index (χ3v) is 5.01. The van der Waals surface area contributed by atoms with E-state index >= 15 is 0 Å². The van der Waals surface area contributed by atoms with Crippen LogP contribution in [0.15, 0.2) is 29.3 Å². The van der Waals surface area contributed by atoms with Crippen molar-refractivity contribution in [3.8, 4) is 0 Å². The molecule has 1 amide bonds. The molecule has 1 aliphatic heterocycles. The number of thioether (sulfide) groups is 1. The molecule has 0 aliphatic carbocycles. The Bertz CT molecular complexity index is 574. The van der Waals surface area contributed by atoms with Crippen molar-refractivity contribution in [2.45, 2.75) is 32.1 Å². The Morgan fingerprint density at radius 1 is 1.38 bits per heavy atom. The Labute approximate surface area is 165 Å². The number of hydrogen-bond donors (Lipinski definition) is 2. The maximum Gasteiger partial charge on any atom is 0.248 e. The van der Waals surface area contributed by atoms with E-state index in [1.165, 1.54) is 0 Å². The molecule has 1 fully saturated rings. The van der Waals surface area contributed by atoms with Crippen molar-refractivity contribution in [2.75, 3.05) is 25.4 Å². The number of primary amides is 1. The summed E-state index contributed by atoms with van der Waals surface area (Å²) >= 11 is 2.01. The minimum absolute atomic E-state index is 0. The van der Waals surface area contributed by atoms with Crippen molar-refractivity contribution < 1.29 is 4.79 Å². The Morgan fingerprint density at radius 3 is 2.58 bits per heavy atom. The number of nitrogens with two attached hydrogens (primary N) is 1. The van der Waals surface area contributed by atoms with E-state index in [-0.39, 0.29) is 28.7 Å². The van der Waals surface area contributed by atoms with E-state index in [4.69, 9.17) is 10.7 Å². The molecule has 0 saturated carbocycles. The van der Waals surface area contributed by atoms with Crippen LogP contribution >= 0.6 is 35.7 Å². The van der Waals surface area contributed by atoms with Crippen LogP contribution in [0.1, 0.15) is 36.7 Å². The molecule has 0 radical (unpaired) electrons. The summed E-state index contributed by atoms with van der Waals surface area (Å²) in [5, 5.41) is 3.38. The van der Waals surface area contributed by atoms with Gasteiger partial charge in [-0.2, -0.15) is 11.8 Å². The molecule has 1 aromatic carbocycles. The number of amides is 1. The lowest BCUT2D eigenvalue weighted by molar-refractivity contribution is 0.100. The van der Waals surface area contributed by atoms with Crippen molar-refractivity contribution in [3.63, 3.8) is 0 Å². The molecule has 134 valence electrons. The largest absolute Gasteiger partial charge is 0.366 e. The van der Waals surface area contributed by atoms with E-state index in [0.717, 1.165) is 36.9 Å². The normalized spacial score (nSPS) is 17.1. The summed E-state index contributed by atoms with van der Waals surface area (Å²) in [5.41, 5.74) is 6.86. The first-order valence-electron chi connectivity index (χ1n) is 7.97. The van der Waals surface area contributed by atoms with Gasteiger partial charge in [-0.3, -0.25) is 4.79 Å². The van der Waals surface area contributed by atoms with Gasteiger partial charge in [0.25, 0.3) is 0 Å². The second-order valence-corrected chi connectivity index (χ2v) is 8.06. The number of nitrogens with zero attached hydrogens (tertiary/aromatic N) is 2. The van der Waals surface area contributed by atoms with E-state index in [2.05, 4.69) is 31.0 Å². The fourth-order valence-corrected chi connectivity index (χ4v) is 3.68. The van der Waals surface area contributed by atoms with Crippen LogP contribution in [-0.2, 0) is 6.54 Å². The highest BCUT2D eigenvalue weighted by Gasteiger charge is 2.28. The first-order chi connectivity index (χ1) is 10.9. The van der Waals surface area contributed by atoms with Crippen LogP contribution in [0.25, 0.3) is 0 Å². The van der Waals surface area contributed by atoms with Crippen molar-refractivity contribution >= 4 is 47.6 Å². The summed E-state index contributed by atoms with van der Waals surface area (Å²) in [6.45, 7) is 10.1. The van der Waals surface area contributed by atoms with Crippen LogP contribution in [-0.4, -0.2) is 46.9 Å². The summed E-state index contributed by atoms with van der Waals surface area (Å²) in [5.74, 6) is 1.67. The molecule has 2 rings (SSSR count). The van der Waals surface area contributed by atoms with Crippen LogP contribution in [0.4, 0.5) is 0 Å². The predicted octanol–water partition coefficient (Wildman–Crippen LogP) is 2.70. The van der Waals surface area contributed by atoms with Gasteiger partial charge in [-0.1, -0.05) is 12.1 Å². The number of carbonyl (C=O) groups is 1. The van der Waals surface area contributed by atoms with Gasteiger partial charge in [0.05, 0.1) is 6.54 Å². The second-order valence-electron chi connectivity index (χ2n) is 6.26. The minimum Gasteiger partial charge on any atom is -0.366 e. The lowest BCUT2D eigenvalue weighted by atomic mass is 10.1. The van der Waals surface area contributed by atoms with Crippen LogP contribution < -0.4 is 11.1 Å². The van der Waals surface area contributed by atoms with Gasteiger partial charge in [-0.15, -0.1) is 24.0 Å². The topological polar surface area (TPSA) is 70.7 Å². The molecular formula is C17H27IN4OS. The maximum absolute atomic E-state index is 11.1. The summed E-state index contributed by atoms with van der Waals surface area (Å²) in [7, 11) is 0. The molecular weight excluding hydrogens is 435 g/mol. The molecule has 1 aliphatic rings. The van der Waals surface area contributed by atoms with E-state index in [9.17, 15) is 4.79 Å². The third kappa shape index (κ3) is 6.16. The maximum atomic E-state index is 11.1. The fourth-order valence-electron chi connectivity index (χ4n) is 2.56. The molecule has 3 N–H and O–H groups in total. The number of guanidine groups is 1. The Balaban J connectivity index is 0.00000288. The summed E-state index contributed by atoms with van der Waals surface area (Å²) in [6, 6.07) is 7.31. The number of aliphatic imine (C=N–C) groups is 1. The van der Waals surface area contributed by atoms with Gasteiger partial charge in [0.2, 0.25) is 5.91 Å². The number of hydrogen-bond acceptors (Lipinski definition) is 3. The zero-order valence-corrected chi connectivity index (χ0v) is 17.7. The number of halogens is 1. The molecule has 1 heterocycles. The lowest BCUT2D eigenvalue weighted by Crippen LogP contribution is -2.50. The summed E-state index contributed by atoms with van der Waals surface area (Å²) in [4.78, 5) is 18.2. The standard InChI is InChI=1S/C17H26N4OS.HI/c1-4-19-16(21-9-10-23-17(2,3)12-21)20-11-13-5-7-14(8-6-13)15(18)22;/h5-8H,4,9-12H2,1-3H3,(H2,18,22)(H,19,20);1H. The molecule has 24 heavy (non-hydrogen) atoms. The zero-order valence-electron chi connectivity index (χ0n) is 14.5. The monoisotopic (exact) mass is 462 g/mol. The van der Waals surface area contributed by atoms with E-state index in [1.54, 1.807) is 12.1 Å². The molecule has 1 saturated heterocycles. The highest BCUT2D eigenvalue weighted by molar-refractivity contribution is 14.0. The highest BCUT2D eigenvalue weighted by atomic mass is 127. The van der Waals surface area contributed by atoms with Crippen molar-refractivity contribution in [1.82, 2.24) is 10.2 Å². The van der Waals surface area contributed by atoms with Gasteiger partial charge in [0.1, 0.15) is 0 Å². The van der Waals surface area contributed by atoms with Gasteiger partial charge >= 0.3 is 0 Å². The zero-order chi connectivity index (χ0) is 16.9. The van der Waals surface area contributed by atoms with Crippen LogP contribution in [0.3, 0.4) is 0 Å². The molecule has 1 aromatic rings. The molecule has 0 aromatic heterocycles. The van der Waals surface area contributed by atoms with Gasteiger partial charge < -0.3 is 16.0 Å². The lowest BCUT2D eigenvalue weighted by Gasteiger charge is -2.39. The average Bonchev–Trinajstić information content (AvgIpc) is 2.50. The Morgan fingerprint density at radius 2 is 2.04 bits per heavy atom. The number of benzene rings is 1. The molecule has 0 spiro atoms. The quantitative estimate of drug-likeness (QED) is 0.410. The Hall–Kier alpha value is -0.960. The van der Waals surface area contributed by atoms with E-state index in [1.807, 2.05) is 23.9 Å². The first-order valence-corrected chi connectivity index (χ1v) is 8.96. The number of carbonyl (C=O) groups excluding carboxylic acids is 1. The van der Waals surface area contributed by atoms with Crippen LogP contribution in [0.5, 0.6) is 0 Å². The highest BCUT2D eigenvalue weighted by Crippen LogP contribution is 2.29. The minimum atomic E-state index is -0.401. The summed E-state index contributed by atoms with van der Waals surface area (Å²) < 4.78 is 0.248. The number of nitrogens with one attached hydrogen (secondary N) is 1. The molecule has 5 nitrogen and oxygen atoms in total. The second kappa shape index (κ2) is 9.50.